The lowest BCUT2D eigenvalue weighted by molar-refractivity contribution is -0.121. The summed E-state index contributed by atoms with van der Waals surface area (Å²) in [5.74, 6) is -2.14. The number of anilines is 2. The third-order valence-corrected chi connectivity index (χ3v) is 7.02. The van der Waals surface area contributed by atoms with Crippen molar-refractivity contribution in [1.29, 1.82) is 0 Å². The number of carbonyl (C=O) groups is 4. The molecule has 35 heavy (non-hydrogen) atoms. The summed E-state index contributed by atoms with van der Waals surface area (Å²) in [6, 6.07) is 18.6. The van der Waals surface area contributed by atoms with Crippen LogP contribution in [0.25, 0.3) is 0 Å². The van der Waals surface area contributed by atoms with Crippen LogP contribution in [0.15, 0.2) is 71.6 Å². The van der Waals surface area contributed by atoms with Crippen molar-refractivity contribution in [2.45, 2.75) is 36.8 Å². The molecule has 3 amide bonds. The molecule has 4 rings (SSSR count). The predicted molar refractivity (Wildman–Crippen MR) is 135 cm³/mol. The molecule has 1 atom stereocenters. The number of nitrogens with one attached hydrogen (secondary N) is 1. The number of carbonyl (C=O) groups excluding carboxylic acids is 3. The molecule has 3 aromatic rings. The Bertz CT molecular complexity index is 1320. The number of aromatic carboxylic acids is 1. The van der Waals surface area contributed by atoms with Crippen LogP contribution in [0, 0.1) is 6.92 Å². The van der Waals surface area contributed by atoms with E-state index in [2.05, 4.69) is 5.32 Å². The highest BCUT2D eigenvalue weighted by Crippen LogP contribution is 2.37. The molecule has 0 aromatic heterocycles. The minimum absolute atomic E-state index is 0.0660. The van der Waals surface area contributed by atoms with Crippen LogP contribution < -0.4 is 10.2 Å². The molecule has 3 aromatic carbocycles. The first kappa shape index (κ1) is 24.2. The van der Waals surface area contributed by atoms with E-state index in [0.29, 0.717) is 11.4 Å². The number of hydrogen-bond donors (Lipinski definition) is 2. The molecular weight excluding hydrogens is 464 g/mol. The Hall–Kier alpha value is -3.91. The average Bonchev–Trinajstić information content (AvgIpc) is 3.12. The number of nitrogens with zero attached hydrogens (tertiary/aromatic N) is 1. The lowest BCUT2D eigenvalue weighted by Gasteiger charge is -2.20. The van der Waals surface area contributed by atoms with Crippen molar-refractivity contribution in [2.24, 2.45) is 0 Å². The number of para-hydroxylation sites is 1. The fourth-order valence-electron chi connectivity index (χ4n) is 4.10. The quantitative estimate of drug-likeness (QED) is 0.457. The van der Waals surface area contributed by atoms with Gasteiger partial charge in [-0.2, -0.15) is 0 Å². The first-order chi connectivity index (χ1) is 16.8. The lowest BCUT2D eigenvalue weighted by Crippen LogP contribution is -2.32. The highest BCUT2D eigenvalue weighted by atomic mass is 32.2. The van der Waals surface area contributed by atoms with Gasteiger partial charge in [0.25, 0.3) is 5.91 Å². The SMILES string of the molecule is CCc1cccc(C)c1N1C(=O)C[C@H](Sc2ccc(NC(=O)c3ccccc3C(=O)O)cc2)C1=O. The van der Waals surface area contributed by atoms with Gasteiger partial charge in [-0.25, -0.2) is 9.69 Å². The molecule has 0 aliphatic carbocycles. The summed E-state index contributed by atoms with van der Waals surface area (Å²) in [4.78, 5) is 52.0. The minimum atomic E-state index is -1.18. The Kier molecular flexibility index (Phi) is 7.02. The second-order valence-electron chi connectivity index (χ2n) is 8.14. The normalized spacial score (nSPS) is 15.4. The van der Waals surface area contributed by atoms with Gasteiger partial charge in [0.1, 0.15) is 0 Å². The second-order valence-corrected chi connectivity index (χ2v) is 9.42. The summed E-state index contributed by atoms with van der Waals surface area (Å²) in [5, 5.41) is 11.5. The molecule has 7 nitrogen and oxygen atoms in total. The Morgan fingerprint density at radius 1 is 1.00 bits per heavy atom. The number of carboxylic acid groups (broad SMARTS) is 1. The van der Waals surface area contributed by atoms with Crippen molar-refractivity contribution in [1.82, 2.24) is 0 Å². The van der Waals surface area contributed by atoms with Gasteiger partial charge in [-0.05, 0) is 60.9 Å². The molecule has 0 saturated carbocycles. The standard InChI is InChI=1S/C27H24N2O5S/c1-3-17-8-6-7-16(2)24(17)29-23(30)15-22(26(29)32)35-19-13-11-18(12-14-19)28-25(31)20-9-4-5-10-21(20)27(33)34/h4-14,22H,3,15H2,1-2H3,(H,28,31)(H,33,34)/t22-/m0/s1. The maximum atomic E-state index is 13.2. The van der Waals surface area contributed by atoms with Crippen molar-refractivity contribution >= 4 is 46.8 Å². The molecule has 1 heterocycles. The molecule has 178 valence electrons. The topological polar surface area (TPSA) is 104 Å². The molecule has 1 aliphatic heterocycles. The van der Waals surface area contributed by atoms with Crippen LogP contribution in [0.1, 0.15) is 45.2 Å². The van der Waals surface area contributed by atoms with E-state index in [4.69, 9.17) is 0 Å². The lowest BCUT2D eigenvalue weighted by atomic mass is 10.0. The summed E-state index contributed by atoms with van der Waals surface area (Å²) < 4.78 is 0. The van der Waals surface area contributed by atoms with Crippen LogP contribution in [0.3, 0.4) is 0 Å². The number of thioether (sulfide) groups is 1. The van der Waals surface area contributed by atoms with Crippen molar-refractivity contribution in [3.63, 3.8) is 0 Å². The minimum Gasteiger partial charge on any atom is -0.478 e. The summed E-state index contributed by atoms with van der Waals surface area (Å²) in [6.07, 6.45) is 0.835. The fraction of sp³-hybridized carbons (Fsp3) is 0.185. The van der Waals surface area contributed by atoms with E-state index in [1.165, 1.54) is 28.8 Å². The summed E-state index contributed by atoms with van der Waals surface area (Å²) in [6.45, 7) is 3.90. The highest BCUT2D eigenvalue weighted by molar-refractivity contribution is 8.00. The van der Waals surface area contributed by atoms with Gasteiger partial charge < -0.3 is 10.4 Å². The van der Waals surface area contributed by atoms with E-state index in [1.54, 1.807) is 36.4 Å². The summed E-state index contributed by atoms with van der Waals surface area (Å²) >= 11 is 1.31. The van der Waals surface area contributed by atoms with E-state index in [1.807, 2.05) is 32.0 Å². The summed E-state index contributed by atoms with van der Waals surface area (Å²) in [5.41, 5.74) is 3.01. The molecule has 1 fully saturated rings. The number of imide groups is 1. The van der Waals surface area contributed by atoms with Crippen molar-refractivity contribution in [3.05, 3.63) is 89.0 Å². The van der Waals surface area contributed by atoms with Gasteiger partial charge >= 0.3 is 5.97 Å². The van der Waals surface area contributed by atoms with Gasteiger partial charge in [0, 0.05) is 17.0 Å². The maximum absolute atomic E-state index is 13.2. The number of aryl methyl sites for hydroxylation is 2. The predicted octanol–water partition coefficient (Wildman–Crippen LogP) is 4.93. The molecule has 2 N–H and O–H groups in total. The smallest absolute Gasteiger partial charge is 0.336 e. The molecule has 1 aliphatic rings. The van der Waals surface area contributed by atoms with Gasteiger partial charge in [-0.1, -0.05) is 37.3 Å². The Labute approximate surface area is 207 Å². The monoisotopic (exact) mass is 488 g/mol. The number of carboxylic acids is 1. The van der Waals surface area contributed by atoms with Crippen LogP contribution in [0.2, 0.25) is 0 Å². The third-order valence-electron chi connectivity index (χ3n) is 5.82. The zero-order valence-corrected chi connectivity index (χ0v) is 20.1. The van der Waals surface area contributed by atoms with Crippen molar-refractivity contribution in [2.75, 3.05) is 10.2 Å². The molecule has 8 heteroatoms. The van der Waals surface area contributed by atoms with Gasteiger partial charge in [0.15, 0.2) is 0 Å². The first-order valence-corrected chi connectivity index (χ1v) is 12.0. The van der Waals surface area contributed by atoms with E-state index >= 15 is 0 Å². The second kappa shape index (κ2) is 10.1. The van der Waals surface area contributed by atoms with Crippen molar-refractivity contribution < 1.29 is 24.3 Å². The fourth-order valence-corrected chi connectivity index (χ4v) is 5.16. The molecule has 0 unspecified atom stereocenters. The number of benzene rings is 3. The van der Waals surface area contributed by atoms with E-state index in [-0.39, 0.29) is 29.4 Å². The summed E-state index contributed by atoms with van der Waals surface area (Å²) in [7, 11) is 0. The van der Waals surface area contributed by atoms with E-state index in [0.717, 1.165) is 22.4 Å². The number of amides is 3. The van der Waals surface area contributed by atoms with Crippen LogP contribution >= 0.6 is 11.8 Å². The van der Waals surface area contributed by atoms with Gasteiger partial charge in [0.2, 0.25) is 11.8 Å². The number of hydrogen-bond acceptors (Lipinski definition) is 5. The third kappa shape index (κ3) is 4.97. The van der Waals surface area contributed by atoms with E-state index in [9.17, 15) is 24.3 Å². The van der Waals surface area contributed by atoms with Crippen LogP contribution in [0.4, 0.5) is 11.4 Å². The Morgan fingerprint density at radius 3 is 2.34 bits per heavy atom. The van der Waals surface area contributed by atoms with Crippen molar-refractivity contribution in [3.8, 4) is 0 Å². The Morgan fingerprint density at radius 2 is 1.69 bits per heavy atom. The number of rotatable bonds is 7. The van der Waals surface area contributed by atoms with Crippen LogP contribution in [0.5, 0.6) is 0 Å². The molecule has 1 saturated heterocycles. The van der Waals surface area contributed by atoms with Crippen LogP contribution in [-0.4, -0.2) is 34.0 Å². The largest absolute Gasteiger partial charge is 0.478 e. The molecule has 0 radical (unpaired) electrons. The highest BCUT2D eigenvalue weighted by Gasteiger charge is 2.41. The van der Waals surface area contributed by atoms with Gasteiger partial charge in [-0.15, -0.1) is 11.8 Å². The van der Waals surface area contributed by atoms with Gasteiger partial charge in [0.05, 0.1) is 22.1 Å². The zero-order valence-electron chi connectivity index (χ0n) is 19.3. The molecule has 0 spiro atoms. The Balaban J connectivity index is 1.46. The molecular formula is C27H24N2O5S. The zero-order chi connectivity index (χ0) is 25.1. The van der Waals surface area contributed by atoms with E-state index < -0.39 is 17.1 Å². The first-order valence-electron chi connectivity index (χ1n) is 11.2. The molecule has 0 bridgehead atoms. The maximum Gasteiger partial charge on any atom is 0.336 e. The van der Waals surface area contributed by atoms with Crippen LogP contribution in [-0.2, 0) is 16.0 Å². The average molecular weight is 489 g/mol. The van der Waals surface area contributed by atoms with Gasteiger partial charge in [-0.3, -0.25) is 14.4 Å².